The van der Waals surface area contributed by atoms with Crippen LogP contribution >= 0.6 is 15.9 Å². The van der Waals surface area contributed by atoms with E-state index in [1.165, 1.54) is 18.2 Å². The van der Waals surface area contributed by atoms with Gasteiger partial charge in [0.1, 0.15) is 0 Å². The highest BCUT2D eigenvalue weighted by Gasteiger charge is 2.18. The highest BCUT2D eigenvalue weighted by atomic mass is 79.9. The predicted octanol–water partition coefficient (Wildman–Crippen LogP) is 2.85. The smallest absolute Gasteiger partial charge is 0.283 e. The predicted molar refractivity (Wildman–Crippen MR) is 81.7 cm³/mol. The molecule has 6 heteroatoms. The maximum absolute atomic E-state index is 12.3. The van der Waals surface area contributed by atoms with E-state index in [1.54, 1.807) is 19.1 Å². The van der Waals surface area contributed by atoms with Crippen molar-refractivity contribution in [3.63, 3.8) is 0 Å². The average molecular weight is 354 g/mol. The summed E-state index contributed by atoms with van der Waals surface area (Å²) in [6.45, 7) is 3.54. The van der Waals surface area contributed by atoms with Crippen LogP contribution in [0.25, 0.3) is 0 Å². The molecule has 0 unspecified atom stereocenters. The Bertz CT molecular complexity index is 774. The lowest BCUT2D eigenvalue weighted by Crippen LogP contribution is -2.08. The van der Waals surface area contributed by atoms with Crippen LogP contribution in [0, 0.1) is 13.8 Å². The maximum Gasteiger partial charge on any atom is 0.283 e. The Balaban J connectivity index is 2.50. The Kier molecular flexibility index (Phi) is 4.06. The van der Waals surface area contributed by atoms with E-state index in [2.05, 4.69) is 20.3 Å². The Morgan fingerprint density at radius 3 is 2.50 bits per heavy atom. The third-order valence-corrected chi connectivity index (χ3v) is 4.83. The van der Waals surface area contributed by atoms with Crippen LogP contribution in [0.1, 0.15) is 11.1 Å². The van der Waals surface area contributed by atoms with Gasteiger partial charge < -0.3 is 0 Å². The molecular formula is C14H12BrNO3S. The number of carbonyl (C=O) groups is 1. The number of hydrogen-bond donors (Lipinski definition) is 0. The van der Waals surface area contributed by atoms with Crippen molar-refractivity contribution < 1.29 is 13.2 Å². The summed E-state index contributed by atoms with van der Waals surface area (Å²) in [7, 11) is -3.79. The lowest BCUT2D eigenvalue weighted by atomic mass is 10.2. The number of hydrogen-bond acceptors (Lipinski definition) is 3. The molecule has 1 aliphatic rings. The van der Waals surface area contributed by atoms with Crippen molar-refractivity contribution in [2.45, 2.75) is 18.7 Å². The van der Waals surface area contributed by atoms with E-state index >= 15 is 0 Å². The summed E-state index contributed by atoms with van der Waals surface area (Å²) in [6.07, 6.45) is 4.06. The number of rotatable bonds is 2. The molecule has 0 amide bonds. The Morgan fingerprint density at radius 1 is 1.15 bits per heavy atom. The van der Waals surface area contributed by atoms with E-state index in [4.69, 9.17) is 0 Å². The van der Waals surface area contributed by atoms with Gasteiger partial charge in [-0.15, -0.1) is 0 Å². The van der Waals surface area contributed by atoms with Crippen LogP contribution < -0.4 is 0 Å². The van der Waals surface area contributed by atoms with Gasteiger partial charge in [0, 0.05) is 0 Å². The summed E-state index contributed by atoms with van der Waals surface area (Å²) >= 11 is 3.07. The summed E-state index contributed by atoms with van der Waals surface area (Å²) < 4.78 is 28.7. The lowest BCUT2D eigenvalue weighted by molar-refractivity contribution is -0.110. The quantitative estimate of drug-likeness (QED) is 0.768. The number of aryl methyl sites for hydroxylation is 2. The second-order valence-corrected chi connectivity index (χ2v) is 6.88. The number of carbonyl (C=O) groups excluding carboxylic acids is 1. The van der Waals surface area contributed by atoms with Gasteiger partial charge in [-0.05, 0) is 65.2 Å². The highest BCUT2D eigenvalue weighted by Crippen LogP contribution is 2.21. The zero-order valence-electron chi connectivity index (χ0n) is 10.9. The molecule has 0 N–H and O–H groups in total. The molecule has 0 atom stereocenters. The maximum atomic E-state index is 12.3. The van der Waals surface area contributed by atoms with Crippen molar-refractivity contribution in [2.75, 3.05) is 0 Å². The Morgan fingerprint density at radius 2 is 1.85 bits per heavy atom. The van der Waals surface area contributed by atoms with E-state index in [1.807, 2.05) is 13.0 Å². The number of nitrogens with zero attached hydrogens (tertiary/aromatic N) is 1. The van der Waals surface area contributed by atoms with E-state index in [0.29, 0.717) is 5.56 Å². The third kappa shape index (κ3) is 3.13. The monoisotopic (exact) mass is 353 g/mol. The second kappa shape index (κ2) is 5.46. The number of halogens is 1. The third-order valence-electron chi connectivity index (χ3n) is 2.76. The van der Waals surface area contributed by atoms with Crippen LogP contribution in [0.4, 0.5) is 0 Å². The van der Waals surface area contributed by atoms with Gasteiger partial charge in [-0.3, -0.25) is 4.79 Å². The molecule has 0 aromatic heterocycles. The molecule has 1 aromatic carbocycles. The minimum atomic E-state index is -3.79. The van der Waals surface area contributed by atoms with E-state index in [-0.39, 0.29) is 20.9 Å². The van der Waals surface area contributed by atoms with Gasteiger partial charge in [-0.1, -0.05) is 12.1 Å². The first-order chi connectivity index (χ1) is 9.29. The molecular weight excluding hydrogens is 342 g/mol. The SMILES string of the molecule is Cc1ccc(C)c(S(=O)(=O)N=C2C=CC(=O)C(Br)=C2)c1. The Labute approximate surface area is 126 Å². The lowest BCUT2D eigenvalue weighted by Gasteiger charge is -2.07. The molecule has 1 aromatic rings. The number of ketones is 1. The van der Waals surface area contributed by atoms with Crippen molar-refractivity contribution in [2.24, 2.45) is 4.40 Å². The molecule has 0 saturated heterocycles. The molecule has 1 aliphatic carbocycles. The first kappa shape index (κ1) is 14.9. The highest BCUT2D eigenvalue weighted by molar-refractivity contribution is 9.12. The molecule has 0 spiro atoms. The fourth-order valence-corrected chi connectivity index (χ4v) is 3.39. The van der Waals surface area contributed by atoms with Crippen LogP contribution in [0.3, 0.4) is 0 Å². The van der Waals surface area contributed by atoms with Crippen LogP contribution in [-0.2, 0) is 14.8 Å². The molecule has 104 valence electrons. The van der Waals surface area contributed by atoms with Crippen LogP contribution in [0.2, 0.25) is 0 Å². The van der Waals surface area contributed by atoms with Gasteiger partial charge >= 0.3 is 0 Å². The summed E-state index contributed by atoms with van der Waals surface area (Å²) in [5.41, 5.74) is 1.71. The molecule has 2 rings (SSSR count). The zero-order valence-corrected chi connectivity index (χ0v) is 13.3. The summed E-state index contributed by atoms with van der Waals surface area (Å²) in [4.78, 5) is 11.4. The molecule has 20 heavy (non-hydrogen) atoms. The topological polar surface area (TPSA) is 63.6 Å². The zero-order chi connectivity index (χ0) is 14.9. The van der Waals surface area contributed by atoms with Crippen LogP contribution in [-0.4, -0.2) is 19.9 Å². The molecule has 0 fully saturated rings. The number of sulfonamides is 1. The van der Waals surface area contributed by atoms with E-state index in [0.717, 1.165) is 5.56 Å². The number of allylic oxidation sites excluding steroid dienone is 4. The summed E-state index contributed by atoms with van der Waals surface area (Å²) in [6, 6.07) is 5.18. The normalized spacial score (nSPS) is 17.4. The van der Waals surface area contributed by atoms with E-state index < -0.39 is 10.0 Å². The van der Waals surface area contributed by atoms with Crippen molar-refractivity contribution in [3.05, 3.63) is 52.0 Å². The van der Waals surface area contributed by atoms with Gasteiger partial charge in [-0.25, -0.2) is 0 Å². The van der Waals surface area contributed by atoms with Crippen LogP contribution in [0.5, 0.6) is 0 Å². The minimum Gasteiger partial charge on any atom is -0.289 e. The molecule has 4 nitrogen and oxygen atoms in total. The standard InChI is InChI=1S/C14H12BrNO3S/c1-9-3-4-10(2)14(7-9)20(18,19)16-11-5-6-13(17)12(15)8-11/h3-8H,1-2H3. The van der Waals surface area contributed by atoms with Gasteiger partial charge in [0.2, 0.25) is 0 Å². The van der Waals surface area contributed by atoms with Crippen molar-refractivity contribution in [1.29, 1.82) is 0 Å². The van der Waals surface area contributed by atoms with Gasteiger partial charge in [0.25, 0.3) is 10.0 Å². The molecule has 0 aliphatic heterocycles. The van der Waals surface area contributed by atoms with Gasteiger partial charge in [-0.2, -0.15) is 12.8 Å². The molecule has 0 saturated carbocycles. The fraction of sp³-hybridized carbons (Fsp3) is 0.143. The van der Waals surface area contributed by atoms with Crippen molar-refractivity contribution in [1.82, 2.24) is 0 Å². The Hall–Kier alpha value is -1.53. The second-order valence-electron chi connectivity index (χ2n) is 4.45. The number of benzene rings is 1. The van der Waals surface area contributed by atoms with Crippen molar-refractivity contribution >= 4 is 37.4 Å². The summed E-state index contributed by atoms with van der Waals surface area (Å²) in [5, 5.41) is 0. The van der Waals surface area contributed by atoms with Crippen LogP contribution in [0.15, 0.2) is 50.2 Å². The van der Waals surface area contributed by atoms with E-state index in [9.17, 15) is 13.2 Å². The van der Waals surface area contributed by atoms with Gasteiger partial charge in [0.15, 0.2) is 5.78 Å². The minimum absolute atomic E-state index is 0.180. The molecule has 0 heterocycles. The molecule has 0 radical (unpaired) electrons. The average Bonchev–Trinajstić information content (AvgIpc) is 2.36. The largest absolute Gasteiger partial charge is 0.289 e. The van der Waals surface area contributed by atoms with Crippen molar-refractivity contribution in [3.8, 4) is 0 Å². The fourth-order valence-electron chi connectivity index (χ4n) is 1.72. The first-order valence-electron chi connectivity index (χ1n) is 5.81. The molecule has 0 bridgehead atoms. The first-order valence-corrected chi connectivity index (χ1v) is 8.05. The van der Waals surface area contributed by atoms with Gasteiger partial charge in [0.05, 0.1) is 15.1 Å². The summed E-state index contributed by atoms with van der Waals surface area (Å²) in [5.74, 6) is -0.215.